The molecule has 240 valence electrons. The van der Waals surface area contributed by atoms with Crippen molar-refractivity contribution in [2.24, 2.45) is 22.7 Å². The van der Waals surface area contributed by atoms with E-state index in [4.69, 9.17) is 28.1 Å². The molecule has 4 fully saturated rings. The van der Waals surface area contributed by atoms with Gasteiger partial charge in [-0.2, -0.15) is 0 Å². The summed E-state index contributed by atoms with van der Waals surface area (Å²) in [6, 6.07) is 3.05. The fourth-order valence-corrected chi connectivity index (χ4v) is 8.70. The van der Waals surface area contributed by atoms with Crippen molar-refractivity contribution in [1.82, 2.24) is 0 Å². The molecule has 2 unspecified atom stereocenters. The van der Waals surface area contributed by atoms with Crippen molar-refractivity contribution in [2.45, 2.75) is 110 Å². The molecule has 6 atom stereocenters. The zero-order valence-electron chi connectivity index (χ0n) is 26.8. The Kier molecular flexibility index (Phi) is 5.88. The third-order valence-corrected chi connectivity index (χ3v) is 11.6. The molecule has 1 aromatic heterocycles. The van der Waals surface area contributed by atoms with E-state index in [-0.39, 0.29) is 34.8 Å². The van der Waals surface area contributed by atoms with Crippen molar-refractivity contribution in [3.05, 3.63) is 39.2 Å². The first-order valence-electron chi connectivity index (χ1n) is 15.5. The zero-order chi connectivity index (χ0) is 32.6. The molecule has 2 saturated carbocycles. The van der Waals surface area contributed by atoms with Crippen molar-refractivity contribution in [3.63, 3.8) is 0 Å². The second kappa shape index (κ2) is 8.88. The summed E-state index contributed by atoms with van der Waals surface area (Å²) in [6.07, 6.45) is -1.12. The van der Waals surface area contributed by atoms with Crippen LogP contribution in [0, 0.1) is 36.5 Å². The van der Waals surface area contributed by atoms with Gasteiger partial charge >= 0.3 is 23.9 Å². The zero-order valence-corrected chi connectivity index (χ0v) is 26.8. The summed E-state index contributed by atoms with van der Waals surface area (Å²) >= 11 is 0. The normalized spacial score (nSPS) is 34.6. The Bertz CT molecular complexity index is 1780. The lowest BCUT2D eigenvalue weighted by Gasteiger charge is -2.45. The van der Waals surface area contributed by atoms with E-state index >= 15 is 0 Å². The highest BCUT2D eigenvalue weighted by atomic mass is 16.7. The smallest absolute Gasteiger partial charge is 0.351 e. The van der Waals surface area contributed by atoms with Crippen molar-refractivity contribution in [2.75, 3.05) is 0 Å². The van der Waals surface area contributed by atoms with E-state index in [2.05, 4.69) is 0 Å². The van der Waals surface area contributed by atoms with Gasteiger partial charge in [-0.1, -0.05) is 27.7 Å². The monoisotopic (exact) mass is 622 g/mol. The number of carbonyl (C=O) groups is 4. The first-order valence-corrected chi connectivity index (χ1v) is 15.5. The van der Waals surface area contributed by atoms with E-state index in [1.54, 1.807) is 33.8 Å². The van der Waals surface area contributed by atoms with Gasteiger partial charge in [0, 0.05) is 16.9 Å². The number of benzene rings is 1. The maximum atomic E-state index is 14.3. The number of hydrogen-bond donors (Lipinski definition) is 0. The van der Waals surface area contributed by atoms with Gasteiger partial charge in [0.1, 0.15) is 22.7 Å². The van der Waals surface area contributed by atoms with Gasteiger partial charge in [0.2, 0.25) is 11.2 Å². The molecule has 0 amide bonds. The van der Waals surface area contributed by atoms with Crippen LogP contribution in [0.15, 0.2) is 21.3 Å². The number of hydrogen-bond acceptors (Lipinski definition) is 11. The molecule has 2 saturated heterocycles. The van der Waals surface area contributed by atoms with Gasteiger partial charge in [-0.3, -0.25) is 14.4 Å². The summed E-state index contributed by atoms with van der Waals surface area (Å²) in [5.74, 6) is -2.76. The van der Waals surface area contributed by atoms with Gasteiger partial charge in [0.15, 0.2) is 17.6 Å². The van der Waals surface area contributed by atoms with E-state index in [9.17, 15) is 24.0 Å². The maximum Gasteiger partial charge on any atom is 0.351 e. The summed E-state index contributed by atoms with van der Waals surface area (Å²) in [6.45, 7) is 14.0. The lowest BCUT2D eigenvalue weighted by Crippen LogP contribution is -2.57. The topological polar surface area (TPSA) is 145 Å². The molecular formula is C34H38O11. The molecule has 1 aromatic carbocycles. The predicted octanol–water partition coefficient (Wildman–Crippen LogP) is 4.54. The lowest BCUT2D eigenvalue weighted by atomic mass is 9.74. The molecule has 0 radical (unpaired) electrons. The van der Waals surface area contributed by atoms with Gasteiger partial charge < -0.3 is 28.1 Å². The number of carbonyl (C=O) groups excluding carboxylic acids is 4. The molecule has 4 bridgehead atoms. The van der Waals surface area contributed by atoms with Crippen LogP contribution in [0.2, 0.25) is 0 Å². The van der Waals surface area contributed by atoms with Crippen LogP contribution in [0.1, 0.15) is 90.2 Å². The fourth-order valence-electron chi connectivity index (χ4n) is 8.70. The second-order valence-electron chi connectivity index (χ2n) is 15.0. The highest BCUT2D eigenvalue weighted by molar-refractivity contribution is 5.93. The summed E-state index contributed by atoms with van der Waals surface area (Å²) < 4.78 is 36.7. The SMILES string of the molecule is Cc1cc(=O)c2c(C)cc3c(c2o1)[C@@H](OC(=O)[C@@]12CCC(C(=O)O1)C2(C)C)[C@@H](OC(=O)[C@@]12CCC(C(=O)O1)C2(C)C)C(C)(C)O3. The Balaban J connectivity index is 1.38. The molecule has 7 rings (SSSR count). The average Bonchev–Trinajstić information content (AvgIpc) is 3.49. The van der Waals surface area contributed by atoms with Gasteiger partial charge in [-0.25, -0.2) is 9.59 Å². The summed E-state index contributed by atoms with van der Waals surface area (Å²) in [7, 11) is 0. The van der Waals surface area contributed by atoms with E-state index in [1.165, 1.54) is 6.07 Å². The largest absolute Gasteiger partial charge is 0.483 e. The number of fused-ring (bicyclic) bond motifs is 7. The summed E-state index contributed by atoms with van der Waals surface area (Å²) in [5, 5.41) is 0.267. The standard InChI is InChI=1S/C34H38O11/c1-15-13-20-22(23-21(15)19(35)14-16(2)40-23)24(41-28(38)33-11-9-17(26(36)44-33)30(33,3)4)25(32(7,8)43-20)42-29(39)34-12-10-18(27(37)45-34)31(34,5)6/h13-14,17-18,24-25H,9-12H2,1-8H3/t17?,18?,24-,25-,33-,34-/m1/s1. The minimum Gasteiger partial charge on any atom is -0.483 e. The van der Waals surface area contributed by atoms with Crippen LogP contribution in [0.3, 0.4) is 0 Å². The molecule has 11 nitrogen and oxygen atoms in total. The van der Waals surface area contributed by atoms with Crippen LogP contribution in [-0.2, 0) is 38.1 Å². The molecule has 2 aliphatic carbocycles. The highest BCUT2D eigenvalue weighted by Crippen LogP contribution is 2.61. The molecule has 3 aliphatic heterocycles. The third kappa shape index (κ3) is 3.61. The van der Waals surface area contributed by atoms with Crippen LogP contribution in [0.25, 0.3) is 11.0 Å². The quantitative estimate of drug-likeness (QED) is 0.350. The van der Waals surface area contributed by atoms with Crippen molar-refractivity contribution >= 4 is 34.8 Å². The molecule has 0 spiro atoms. The number of ether oxygens (including phenoxy) is 5. The number of aryl methyl sites for hydroxylation is 2. The first-order chi connectivity index (χ1) is 20.9. The third-order valence-electron chi connectivity index (χ3n) is 11.6. The molecule has 5 aliphatic rings. The number of rotatable bonds is 4. The van der Waals surface area contributed by atoms with E-state index in [0.717, 1.165) is 0 Å². The fraction of sp³-hybridized carbons (Fsp3) is 0.618. The Labute approximate surface area is 259 Å². The minimum absolute atomic E-state index is 0.139. The van der Waals surface area contributed by atoms with Crippen molar-refractivity contribution in [3.8, 4) is 5.75 Å². The van der Waals surface area contributed by atoms with Gasteiger partial charge in [0.05, 0.1) is 22.8 Å². The molecular weight excluding hydrogens is 584 g/mol. The second-order valence-corrected chi connectivity index (χ2v) is 15.0. The van der Waals surface area contributed by atoms with Gasteiger partial charge in [-0.15, -0.1) is 0 Å². The van der Waals surface area contributed by atoms with Crippen LogP contribution in [-0.4, -0.2) is 46.8 Å². The summed E-state index contributed by atoms with van der Waals surface area (Å²) in [4.78, 5) is 67.2. The lowest BCUT2D eigenvalue weighted by molar-refractivity contribution is -0.217. The van der Waals surface area contributed by atoms with E-state index in [1.807, 2.05) is 27.7 Å². The Hall–Kier alpha value is -3.89. The van der Waals surface area contributed by atoms with Crippen molar-refractivity contribution < 1.29 is 47.3 Å². The van der Waals surface area contributed by atoms with Crippen LogP contribution in [0.4, 0.5) is 0 Å². The Morgan fingerprint density at radius 2 is 1.31 bits per heavy atom. The maximum absolute atomic E-state index is 14.3. The van der Waals surface area contributed by atoms with Crippen LogP contribution in [0.5, 0.6) is 5.75 Å². The Morgan fingerprint density at radius 3 is 1.80 bits per heavy atom. The molecule has 2 aromatic rings. The summed E-state index contributed by atoms with van der Waals surface area (Å²) in [5.41, 5.74) is -5.39. The van der Waals surface area contributed by atoms with Crippen LogP contribution >= 0.6 is 0 Å². The molecule has 0 N–H and O–H groups in total. The molecule has 11 heteroatoms. The van der Waals surface area contributed by atoms with Crippen molar-refractivity contribution in [1.29, 1.82) is 0 Å². The average molecular weight is 623 g/mol. The first kappa shape index (κ1) is 29.8. The molecule has 45 heavy (non-hydrogen) atoms. The van der Waals surface area contributed by atoms with E-state index < -0.39 is 75.6 Å². The van der Waals surface area contributed by atoms with E-state index in [0.29, 0.717) is 29.9 Å². The van der Waals surface area contributed by atoms with Gasteiger partial charge in [0.25, 0.3) is 0 Å². The molecule has 4 heterocycles. The predicted molar refractivity (Wildman–Crippen MR) is 156 cm³/mol. The van der Waals surface area contributed by atoms with Gasteiger partial charge in [-0.05, 0) is 65.0 Å². The van der Waals surface area contributed by atoms with Crippen LogP contribution < -0.4 is 10.2 Å². The minimum atomic E-state index is -1.55. The highest BCUT2D eigenvalue weighted by Gasteiger charge is 2.73. The number of esters is 4. The Morgan fingerprint density at radius 1 is 0.778 bits per heavy atom.